The first kappa shape index (κ1) is 53.4. The number of aliphatic carboxylic acids is 1. The van der Waals surface area contributed by atoms with E-state index in [9.17, 15) is 38.7 Å². The lowest BCUT2D eigenvalue weighted by Crippen LogP contribution is -2.66. The number of rotatable bonds is 27. The van der Waals surface area contributed by atoms with Gasteiger partial charge in [-0.25, -0.2) is 0 Å². The Morgan fingerprint density at radius 1 is 0.771 bits per heavy atom. The fraction of sp³-hybridized carbons (Fsp3) is 0.429. The normalized spacial score (nSPS) is 16.2. The predicted molar refractivity (Wildman–Crippen MR) is 263 cm³/mol. The average Bonchev–Trinajstić information content (AvgIpc) is 3.74. The number of nitrogens with zero attached hydrogens (tertiary/aromatic N) is 1. The number of hydrogen-bond donors (Lipinski definition) is 12. The van der Waals surface area contributed by atoms with Gasteiger partial charge in [-0.05, 0) is 92.8 Å². The highest BCUT2D eigenvalue weighted by Gasteiger charge is 2.45. The van der Waals surface area contributed by atoms with E-state index in [0.29, 0.717) is 48.4 Å². The number of benzene rings is 3. The lowest BCUT2D eigenvalue weighted by atomic mass is 9.76. The number of fused-ring (bicyclic) bond motifs is 2. The number of guanidine groups is 1. The Morgan fingerprint density at radius 2 is 1.43 bits per heavy atom. The number of H-pyrrole nitrogens is 1. The number of nitrogens with one attached hydrogen (secondary N) is 6. The van der Waals surface area contributed by atoms with Crippen LogP contribution in [0.3, 0.4) is 0 Å². The Balaban J connectivity index is 1.48. The lowest BCUT2D eigenvalue weighted by molar-refractivity contribution is -0.141. The van der Waals surface area contributed by atoms with Gasteiger partial charge in [-0.15, -0.1) is 0 Å². The molecule has 0 saturated heterocycles. The smallest absolute Gasteiger partial charge is 0.305 e. The zero-order valence-corrected chi connectivity index (χ0v) is 39.3. The molecule has 0 spiro atoms. The molecule has 21 nitrogen and oxygen atoms in total. The molecule has 21 heteroatoms. The molecule has 17 N–H and O–H groups in total. The number of aromatic amines is 1. The molecule has 3 aromatic carbocycles. The number of hydrogen-bond acceptors (Lipinski definition) is 11. The highest BCUT2D eigenvalue weighted by atomic mass is 16.5. The average molecular weight is 967 g/mol. The van der Waals surface area contributed by atoms with E-state index in [1.165, 1.54) is 0 Å². The maximum atomic E-state index is 14.9. The first-order valence-corrected chi connectivity index (χ1v) is 23.4. The van der Waals surface area contributed by atoms with E-state index >= 15 is 0 Å². The zero-order valence-electron chi connectivity index (χ0n) is 39.3. The second-order valence-corrected chi connectivity index (χ2v) is 17.4. The van der Waals surface area contributed by atoms with Crippen molar-refractivity contribution in [3.63, 3.8) is 0 Å². The van der Waals surface area contributed by atoms with Gasteiger partial charge in [0.2, 0.25) is 35.4 Å². The molecule has 1 aliphatic carbocycles. The fourth-order valence-corrected chi connectivity index (χ4v) is 8.52. The summed E-state index contributed by atoms with van der Waals surface area (Å²) in [7, 11) is 0. The summed E-state index contributed by atoms with van der Waals surface area (Å²) in [5.74, 6) is -5.55. The van der Waals surface area contributed by atoms with Gasteiger partial charge in [-0.2, -0.15) is 0 Å². The molecular formula is C49H66N12O9. The predicted octanol–water partition coefficient (Wildman–Crippen LogP) is -0.195. The second-order valence-electron chi connectivity index (χ2n) is 17.4. The third-order valence-corrected chi connectivity index (χ3v) is 12.2. The van der Waals surface area contributed by atoms with Crippen LogP contribution in [0.1, 0.15) is 74.1 Å². The van der Waals surface area contributed by atoms with Crippen LogP contribution in [0.4, 0.5) is 0 Å². The Morgan fingerprint density at radius 3 is 2.11 bits per heavy atom. The fourth-order valence-electron chi connectivity index (χ4n) is 8.52. The van der Waals surface area contributed by atoms with Crippen LogP contribution in [0.2, 0.25) is 0 Å². The summed E-state index contributed by atoms with van der Waals surface area (Å²) >= 11 is 0. The standard InChI is InChI=1S/C49H66N12O9/c1-2-70-40-19-10-14-30-27-49(21-20-33(30)40,61-43(65)34(51)26-41(62)63)47(69)60-38(24-29-12-4-3-5-13-29)45(67)58-37(18-11-23-55-48(53)54)44(66)59-39(25-31-28-56-35-16-7-6-15-32(31)35)46(68)57-36(42(52)64)17-8-9-22-50/h3-7,10,12-16,19,28,34,36-39,56H,2,8-9,11,17-18,20-27,50-51H2,1H3,(H2,52,64)(H,57,68)(H,58,67)(H,59,66)(H,60,69)(H,61,65)(H,62,63)(H4,53,54,55)/t34-,36-,37-,38+,39-,49?/m0/s1. The Hall–Kier alpha value is -7.52. The van der Waals surface area contributed by atoms with Crippen LogP contribution >= 0.6 is 0 Å². The first-order chi connectivity index (χ1) is 33.5. The second kappa shape index (κ2) is 25.7. The van der Waals surface area contributed by atoms with Crippen LogP contribution in [-0.4, -0.2) is 113 Å². The number of ether oxygens (including phenoxy) is 1. The molecule has 0 aliphatic heterocycles. The number of unbranched alkanes of at least 4 members (excludes halogenated alkanes) is 1. The van der Waals surface area contributed by atoms with Crippen LogP contribution in [0.5, 0.6) is 5.75 Å². The van der Waals surface area contributed by atoms with Crippen LogP contribution in [0.25, 0.3) is 10.9 Å². The van der Waals surface area contributed by atoms with Gasteiger partial charge in [-0.3, -0.25) is 38.6 Å². The highest BCUT2D eigenvalue weighted by Crippen LogP contribution is 2.35. The van der Waals surface area contributed by atoms with Crippen molar-refractivity contribution in [1.29, 1.82) is 0 Å². The molecule has 376 valence electrons. The topological polar surface area (TPSA) is 367 Å². The van der Waals surface area contributed by atoms with E-state index in [1.54, 1.807) is 54.7 Å². The number of carbonyl (C=O) groups is 7. The number of amides is 6. The van der Waals surface area contributed by atoms with Crippen LogP contribution in [-0.2, 0) is 59.2 Å². The summed E-state index contributed by atoms with van der Waals surface area (Å²) in [6.07, 6.45) is 2.60. The van der Waals surface area contributed by atoms with Gasteiger partial charge >= 0.3 is 5.97 Å². The molecule has 70 heavy (non-hydrogen) atoms. The first-order valence-electron chi connectivity index (χ1n) is 23.4. The minimum atomic E-state index is -1.72. The van der Waals surface area contributed by atoms with Crippen molar-refractivity contribution in [2.24, 2.45) is 33.7 Å². The summed E-state index contributed by atoms with van der Waals surface area (Å²) in [5.41, 5.74) is 30.5. The van der Waals surface area contributed by atoms with Crippen molar-refractivity contribution in [1.82, 2.24) is 31.6 Å². The third-order valence-electron chi connectivity index (χ3n) is 12.2. The molecule has 0 saturated carbocycles. The molecular weight excluding hydrogens is 901 g/mol. The molecule has 1 heterocycles. The lowest BCUT2D eigenvalue weighted by Gasteiger charge is -2.39. The summed E-state index contributed by atoms with van der Waals surface area (Å²) in [6, 6.07) is 15.0. The van der Waals surface area contributed by atoms with Gasteiger partial charge < -0.3 is 70.1 Å². The van der Waals surface area contributed by atoms with Crippen molar-refractivity contribution in [3.8, 4) is 5.75 Å². The molecule has 0 bridgehead atoms. The summed E-state index contributed by atoms with van der Waals surface area (Å²) in [4.78, 5) is 103. The van der Waals surface area contributed by atoms with Crippen LogP contribution < -0.4 is 60.0 Å². The van der Waals surface area contributed by atoms with Gasteiger partial charge in [0.15, 0.2) is 5.96 Å². The van der Waals surface area contributed by atoms with Gasteiger partial charge in [0.05, 0.1) is 19.1 Å². The number of carboxylic acid groups (broad SMARTS) is 1. The quantitative estimate of drug-likeness (QED) is 0.0210. The number of carboxylic acids is 1. The number of carbonyl (C=O) groups excluding carboxylic acids is 6. The molecule has 4 aromatic rings. The van der Waals surface area contributed by atoms with E-state index in [1.807, 2.05) is 31.2 Å². The van der Waals surface area contributed by atoms with Crippen LogP contribution in [0.15, 0.2) is 84.0 Å². The minimum absolute atomic E-state index is 0.0282. The molecule has 1 aliphatic rings. The molecule has 1 aromatic heterocycles. The number of primary amides is 1. The molecule has 6 atom stereocenters. The van der Waals surface area contributed by atoms with Gasteiger partial charge in [0.25, 0.3) is 0 Å². The largest absolute Gasteiger partial charge is 0.494 e. The molecule has 5 rings (SSSR count). The van der Waals surface area contributed by atoms with Crippen molar-refractivity contribution >= 4 is 58.3 Å². The summed E-state index contributed by atoms with van der Waals surface area (Å²) < 4.78 is 5.86. The molecule has 1 unspecified atom stereocenters. The maximum absolute atomic E-state index is 14.9. The van der Waals surface area contributed by atoms with Crippen molar-refractivity contribution < 1.29 is 43.4 Å². The SMILES string of the molecule is CCOc1cccc2c1CCC(NC(=O)[C@@H](N)CC(=O)O)(C(=O)N[C@H](Cc1ccccc1)C(=O)N[C@@H](CCCN=C(N)N)C(=O)N[C@@H](Cc1c[nH]c3ccccc13)C(=O)N[C@@H](CCCCN)C(N)=O)C2. The Kier molecular flexibility index (Phi) is 19.6. The maximum Gasteiger partial charge on any atom is 0.305 e. The highest BCUT2D eigenvalue weighted by molar-refractivity contribution is 5.99. The number of nitrogens with two attached hydrogens (primary N) is 5. The Bertz CT molecular complexity index is 2500. The van der Waals surface area contributed by atoms with Gasteiger partial charge in [-0.1, -0.05) is 60.7 Å². The van der Waals surface area contributed by atoms with Gasteiger partial charge in [0.1, 0.15) is 35.5 Å². The summed E-state index contributed by atoms with van der Waals surface area (Å²) in [6.45, 7) is 2.67. The van der Waals surface area contributed by atoms with E-state index in [0.717, 1.165) is 16.5 Å². The third kappa shape index (κ3) is 15.0. The number of aliphatic imine (C=N–C) groups is 1. The van der Waals surface area contributed by atoms with Crippen LogP contribution in [0, 0.1) is 0 Å². The minimum Gasteiger partial charge on any atom is -0.494 e. The monoisotopic (exact) mass is 967 g/mol. The Labute approximate surface area is 405 Å². The molecule has 6 amide bonds. The van der Waals surface area contributed by atoms with E-state index in [-0.39, 0.29) is 63.9 Å². The summed E-state index contributed by atoms with van der Waals surface area (Å²) in [5, 5.41) is 24.1. The van der Waals surface area contributed by atoms with Crippen molar-refractivity contribution in [2.45, 2.75) is 113 Å². The zero-order chi connectivity index (χ0) is 50.8. The van der Waals surface area contributed by atoms with E-state index in [4.69, 9.17) is 33.4 Å². The molecule has 0 fully saturated rings. The van der Waals surface area contributed by atoms with Crippen molar-refractivity contribution in [2.75, 3.05) is 19.7 Å². The van der Waals surface area contributed by atoms with E-state index < -0.39 is 83.6 Å². The number of para-hydroxylation sites is 1. The van der Waals surface area contributed by atoms with Crippen molar-refractivity contribution in [3.05, 3.63) is 101 Å². The van der Waals surface area contributed by atoms with Gasteiger partial charge in [0, 0.05) is 42.9 Å². The molecule has 0 radical (unpaired) electrons. The van der Waals surface area contributed by atoms with E-state index in [2.05, 4.69) is 36.6 Å². The number of aromatic nitrogens is 1.